The van der Waals surface area contributed by atoms with Gasteiger partial charge in [-0.3, -0.25) is 4.79 Å². The highest BCUT2D eigenvalue weighted by Crippen LogP contribution is 2.54. The zero-order valence-corrected chi connectivity index (χ0v) is 25.0. The molecule has 5 fully saturated rings. The van der Waals surface area contributed by atoms with E-state index in [0.717, 1.165) is 54.3 Å². The number of para-hydroxylation sites is 1. The van der Waals surface area contributed by atoms with Gasteiger partial charge in [0.15, 0.2) is 11.6 Å². The van der Waals surface area contributed by atoms with E-state index in [1.165, 1.54) is 11.3 Å². The highest BCUT2D eigenvalue weighted by molar-refractivity contribution is 5.94. The number of aromatic nitrogens is 1. The molecule has 11 heteroatoms. The topological polar surface area (TPSA) is 121 Å². The normalized spacial score (nSPS) is 29.8. The van der Waals surface area contributed by atoms with Gasteiger partial charge in [0.2, 0.25) is 5.91 Å². The zero-order valence-electron chi connectivity index (χ0n) is 25.0. The summed E-state index contributed by atoms with van der Waals surface area (Å²) in [5.41, 5.74) is 0.0407. The standard InChI is InChI=1S/C34H37F2N3O6/c1-34(15-22-16-37-27-5-3-2-4-25(22)27,38-33(43)45-30-20-9-18-8-19(11-20)12-21(30)10-18)32(42)39-17-24(14-28(39)31(40)41)44-29-7-6-23(35)13-26(29)36/h2-7,13,16,18-21,24,28,30,37H,8-12,14-15,17H2,1H3,(H,38,43)(H,40,41)/t18?,19?,20?,21?,24-,28-,30?,34-/m1/s1. The lowest BCUT2D eigenvalue weighted by Gasteiger charge is -2.53. The summed E-state index contributed by atoms with van der Waals surface area (Å²) in [6.45, 7) is 1.42. The molecule has 9 nitrogen and oxygen atoms in total. The fraction of sp³-hybridized carbons (Fsp3) is 0.500. The Morgan fingerprint density at radius 2 is 1.73 bits per heavy atom. The number of H-pyrrole nitrogens is 1. The number of benzene rings is 2. The van der Waals surface area contributed by atoms with Crippen LogP contribution in [0.2, 0.25) is 0 Å². The molecule has 4 bridgehead atoms. The minimum atomic E-state index is -1.59. The van der Waals surface area contributed by atoms with Crippen molar-refractivity contribution in [1.29, 1.82) is 0 Å². The van der Waals surface area contributed by atoms with Crippen molar-refractivity contribution in [2.45, 2.75) is 75.7 Å². The number of rotatable bonds is 8. The van der Waals surface area contributed by atoms with E-state index in [-0.39, 0.29) is 31.2 Å². The molecule has 0 unspecified atom stereocenters. The molecule has 2 amide bonds. The predicted molar refractivity (Wildman–Crippen MR) is 159 cm³/mol. The van der Waals surface area contributed by atoms with Crippen molar-refractivity contribution in [3.63, 3.8) is 0 Å². The van der Waals surface area contributed by atoms with Gasteiger partial charge >= 0.3 is 12.1 Å². The molecule has 3 aromatic rings. The number of aliphatic carboxylic acids is 1. The molecule has 2 heterocycles. The van der Waals surface area contributed by atoms with Crippen molar-refractivity contribution in [2.24, 2.45) is 23.7 Å². The number of nitrogens with one attached hydrogen (secondary N) is 2. The highest BCUT2D eigenvalue weighted by atomic mass is 19.1. The lowest BCUT2D eigenvalue weighted by atomic mass is 9.55. The minimum Gasteiger partial charge on any atom is -0.485 e. The molecule has 0 radical (unpaired) electrons. The number of nitrogens with zero attached hydrogens (tertiary/aromatic N) is 1. The van der Waals surface area contributed by atoms with Gasteiger partial charge in [-0.1, -0.05) is 18.2 Å². The van der Waals surface area contributed by atoms with E-state index in [9.17, 15) is 28.3 Å². The Labute approximate surface area is 259 Å². The second-order valence-corrected chi connectivity index (χ2v) is 13.7. The third-order valence-electron chi connectivity index (χ3n) is 10.4. The van der Waals surface area contributed by atoms with Crippen molar-refractivity contribution in [2.75, 3.05) is 6.54 Å². The Kier molecular flexibility index (Phi) is 7.44. The van der Waals surface area contributed by atoms with Crippen LogP contribution in [0.3, 0.4) is 0 Å². The Hall–Kier alpha value is -4.15. The maximum atomic E-state index is 14.4. The van der Waals surface area contributed by atoms with Crippen molar-refractivity contribution in [3.8, 4) is 5.75 Å². The van der Waals surface area contributed by atoms with Crippen LogP contribution < -0.4 is 10.1 Å². The number of halogens is 2. The van der Waals surface area contributed by atoms with Crippen LogP contribution in [0.5, 0.6) is 5.75 Å². The van der Waals surface area contributed by atoms with Crippen LogP contribution in [0.25, 0.3) is 10.9 Å². The third-order valence-corrected chi connectivity index (χ3v) is 10.4. The molecule has 1 aromatic heterocycles. The first-order valence-corrected chi connectivity index (χ1v) is 15.8. The summed E-state index contributed by atoms with van der Waals surface area (Å²) in [6, 6.07) is 9.16. The Morgan fingerprint density at radius 3 is 2.42 bits per heavy atom. The monoisotopic (exact) mass is 621 g/mol. The number of carbonyl (C=O) groups excluding carboxylic acids is 2. The lowest BCUT2D eigenvalue weighted by molar-refractivity contribution is -0.151. The Bertz CT molecular complexity index is 1610. The predicted octanol–water partition coefficient (Wildman–Crippen LogP) is 5.43. The second kappa shape index (κ2) is 11.3. The van der Waals surface area contributed by atoms with Crippen LogP contribution in [0.4, 0.5) is 13.6 Å². The van der Waals surface area contributed by atoms with E-state index in [2.05, 4.69) is 10.3 Å². The molecule has 0 spiro atoms. The molecule has 1 aliphatic heterocycles. The summed E-state index contributed by atoms with van der Waals surface area (Å²) in [5.74, 6) is -1.76. The molecule has 238 valence electrons. The molecular weight excluding hydrogens is 584 g/mol. The quantitative estimate of drug-likeness (QED) is 0.309. The van der Waals surface area contributed by atoms with E-state index >= 15 is 0 Å². The Balaban J connectivity index is 1.15. The number of hydrogen-bond donors (Lipinski definition) is 3. The number of carboxylic acids is 1. The molecule has 45 heavy (non-hydrogen) atoms. The number of fused-ring (bicyclic) bond motifs is 1. The number of ether oxygens (including phenoxy) is 2. The zero-order chi connectivity index (χ0) is 31.5. The third kappa shape index (κ3) is 5.61. The molecule has 1 saturated heterocycles. The van der Waals surface area contributed by atoms with Gasteiger partial charge in [-0.25, -0.2) is 18.4 Å². The molecule has 4 saturated carbocycles. The van der Waals surface area contributed by atoms with Crippen LogP contribution in [0, 0.1) is 35.3 Å². The van der Waals surface area contributed by atoms with Gasteiger partial charge in [-0.15, -0.1) is 0 Å². The summed E-state index contributed by atoms with van der Waals surface area (Å²) in [5, 5.41) is 13.8. The molecule has 8 rings (SSSR count). The molecule has 2 aromatic carbocycles. The molecule has 4 aliphatic carbocycles. The first kappa shape index (κ1) is 29.6. The highest BCUT2D eigenvalue weighted by Gasteiger charge is 2.52. The Morgan fingerprint density at radius 1 is 1.02 bits per heavy atom. The van der Waals surface area contributed by atoms with Crippen LogP contribution in [-0.2, 0) is 20.7 Å². The van der Waals surface area contributed by atoms with Gasteiger partial charge < -0.3 is 29.8 Å². The molecule has 3 N–H and O–H groups in total. The minimum absolute atomic E-state index is 0.0631. The molecular formula is C34H37F2N3O6. The number of likely N-dealkylation sites (tertiary alicyclic amines) is 1. The maximum Gasteiger partial charge on any atom is 0.408 e. The summed E-state index contributed by atoms with van der Waals surface area (Å²) >= 11 is 0. The number of carbonyl (C=O) groups is 3. The van der Waals surface area contributed by atoms with Crippen molar-refractivity contribution in [1.82, 2.24) is 15.2 Å². The summed E-state index contributed by atoms with van der Waals surface area (Å²) < 4.78 is 39.6. The number of hydrogen-bond acceptors (Lipinski definition) is 5. The van der Waals surface area contributed by atoms with Crippen molar-refractivity contribution >= 4 is 28.9 Å². The molecule has 5 aliphatic rings. The number of alkyl carbamates (subject to hydrolysis) is 1. The molecule has 3 atom stereocenters. The first-order chi connectivity index (χ1) is 21.6. The number of aromatic amines is 1. The van der Waals surface area contributed by atoms with E-state index in [0.29, 0.717) is 29.7 Å². The van der Waals surface area contributed by atoms with Crippen LogP contribution in [-0.4, -0.2) is 63.3 Å². The summed E-state index contributed by atoms with van der Waals surface area (Å²) in [4.78, 5) is 44.8. The van der Waals surface area contributed by atoms with Gasteiger partial charge in [-0.05, 0) is 86.5 Å². The van der Waals surface area contributed by atoms with Crippen molar-refractivity contribution in [3.05, 3.63) is 65.9 Å². The summed E-state index contributed by atoms with van der Waals surface area (Å²) in [6.07, 6.45) is 5.45. The van der Waals surface area contributed by atoms with Crippen LogP contribution in [0.15, 0.2) is 48.7 Å². The summed E-state index contributed by atoms with van der Waals surface area (Å²) in [7, 11) is 0. The number of carboxylic acid groups (broad SMARTS) is 1. The maximum absolute atomic E-state index is 14.4. The van der Waals surface area contributed by atoms with E-state index < -0.39 is 47.3 Å². The lowest BCUT2D eigenvalue weighted by Crippen LogP contribution is -2.61. The van der Waals surface area contributed by atoms with E-state index in [4.69, 9.17) is 9.47 Å². The second-order valence-electron chi connectivity index (χ2n) is 13.7. The van der Waals surface area contributed by atoms with Crippen molar-refractivity contribution < 1.29 is 37.7 Å². The first-order valence-electron chi connectivity index (χ1n) is 15.8. The largest absolute Gasteiger partial charge is 0.485 e. The van der Waals surface area contributed by atoms with Gasteiger partial charge in [0.25, 0.3) is 0 Å². The fourth-order valence-electron chi connectivity index (χ4n) is 8.69. The fourth-order valence-corrected chi connectivity index (χ4v) is 8.69. The smallest absolute Gasteiger partial charge is 0.408 e. The van der Waals surface area contributed by atoms with Crippen LogP contribution in [0.1, 0.15) is 51.0 Å². The van der Waals surface area contributed by atoms with Crippen LogP contribution >= 0.6 is 0 Å². The van der Waals surface area contributed by atoms with Gasteiger partial charge in [0, 0.05) is 36.0 Å². The average Bonchev–Trinajstić information content (AvgIpc) is 3.60. The van der Waals surface area contributed by atoms with E-state index in [1.807, 2.05) is 24.3 Å². The number of amides is 2. The SMILES string of the molecule is C[C@](Cc1c[nH]c2ccccc12)(NC(=O)OC1C2CC3CC(C2)CC1C3)C(=O)N1C[C@H](Oc2ccc(F)cc2F)C[C@@H]1C(=O)O. The van der Waals surface area contributed by atoms with Gasteiger partial charge in [0.1, 0.15) is 29.6 Å². The average molecular weight is 622 g/mol. The van der Waals surface area contributed by atoms with Gasteiger partial charge in [-0.2, -0.15) is 0 Å². The van der Waals surface area contributed by atoms with Gasteiger partial charge in [0.05, 0.1) is 6.54 Å². The van der Waals surface area contributed by atoms with E-state index in [1.54, 1.807) is 13.1 Å².